The van der Waals surface area contributed by atoms with Gasteiger partial charge in [-0.25, -0.2) is 4.79 Å². The molecule has 0 aliphatic heterocycles. The highest BCUT2D eigenvalue weighted by molar-refractivity contribution is 6.30. The van der Waals surface area contributed by atoms with Crippen molar-refractivity contribution in [1.82, 2.24) is 10.6 Å². The van der Waals surface area contributed by atoms with E-state index in [1.807, 2.05) is 19.2 Å². The SMILES string of the molecule is COc1ccc(Cl)cc1C[NH+](C)[C@@H](C)C(=O)NC(=O)NC1CCCCC1. The van der Waals surface area contributed by atoms with Gasteiger partial charge in [-0.2, -0.15) is 0 Å². The van der Waals surface area contributed by atoms with Crippen molar-refractivity contribution in [3.8, 4) is 5.75 Å². The van der Waals surface area contributed by atoms with Gasteiger partial charge >= 0.3 is 6.03 Å². The standard InChI is InChI=1S/C19H28ClN3O3/c1-13(18(24)22-19(25)21-16-7-5-4-6-8-16)23(2)12-14-11-15(20)9-10-17(14)26-3/h9-11,13,16H,4-8,12H2,1-3H3,(H2,21,22,24,25)/p+1/t13-/m0/s1. The molecule has 6 nitrogen and oxygen atoms in total. The van der Waals surface area contributed by atoms with Gasteiger partial charge in [0, 0.05) is 16.6 Å². The molecule has 0 saturated heterocycles. The van der Waals surface area contributed by atoms with Gasteiger partial charge in [-0.05, 0) is 38.0 Å². The number of carbonyl (C=O) groups excluding carboxylic acids is 2. The molecule has 1 aromatic carbocycles. The lowest BCUT2D eigenvalue weighted by Crippen LogP contribution is -3.12. The molecule has 7 heteroatoms. The summed E-state index contributed by atoms with van der Waals surface area (Å²) in [4.78, 5) is 25.4. The number of nitrogens with one attached hydrogen (secondary N) is 3. The normalized spacial score (nSPS) is 17.2. The Kier molecular flexibility index (Phi) is 7.72. The largest absolute Gasteiger partial charge is 0.496 e. The fourth-order valence-electron chi connectivity index (χ4n) is 3.25. The number of quaternary nitrogens is 1. The van der Waals surface area contributed by atoms with E-state index in [4.69, 9.17) is 16.3 Å². The minimum atomic E-state index is -0.401. The third-order valence-corrected chi connectivity index (χ3v) is 5.26. The predicted molar refractivity (Wildman–Crippen MR) is 102 cm³/mol. The monoisotopic (exact) mass is 382 g/mol. The van der Waals surface area contributed by atoms with E-state index in [0.717, 1.165) is 41.9 Å². The van der Waals surface area contributed by atoms with Gasteiger partial charge in [0.05, 0.1) is 14.2 Å². The molecule has 1 aromatic rings. The van der Waals surface area contributed by atoms with Crippen molar-refractivity contribution in [2.24, 2.45) is 0 Å². The molecular formula is C19H29ClN3O3+. The van der Waals surface area contributed by atoms with Gasteiger partial charge in [0.25, 0.3) is 5.91 Å². The minimum Gasteiger partial charge on any atom is -0.496 e. The maximum absolute atomic E-state index is 12.4. The quantitative estimate of drug-likeness (QED) is 0.703. The van der Waals surface area contributed by atoms with Crippen molar-refractivity contribution >= 4 is 23.5 Å². The van der Waals surface area contributed by atoms with Crippen molar-refractivity contribution in [2.75, 3.05) is 14.2 Å². The summed E-state index contributed by atoms with van der Waals surface area (Å²) in [5, 5.41) is 5.99. The summed E-state index contributed by atoms with van der Waals surface area (Å²) in [6.45, 7) is 2.36. The average Bonchev–Trinajstić information content (AvgIpc) is 2.61. The molecule has 1 fully saturated rings. The first kappa shape index (κ1) is 20.5. The molecule has 1 aliphatic rings. The van der Waals surface area contributed by atoms with E-state index in [1.165, 1.54) is 6.42 Å². The number of ether oxygens (including phenoxy) is 1. The van der Waals surface area contributed by atoms with Crippen LogP contribution in [0.3, 0.4) is 0 Å². The summed E-state index contributed by atoms with van der Waals surface area (Å²) in [5.41, 5.74) is 0.920. The molecule has 1 unspecified atom stereocenters. The van der Waals surface area contributed by atoms with Gasteiger partial charge in [0.15, 0.2) is 6.04 Å². The third kappa shape index (κ3) is 5.88. The van der Waals surface area contributed by atoms with E-state index in [-0.39, 0.29) is 11.9 Å². The van der Waals surface area contributed by atoms with E-state index in [9.17, 15) is 9.59 Å². The molecule has 2 atom stereocenters. The smallest absolute Gasteiger partial charge is 0.321 e. The molecule has 0 aromatic heterocycles. The van der Waals surface area contributed by atoms with E-state index < -0.39 is 12.1 Å². The maximum atomic E-state index is 12.4. The Morgan fingerprint density at radius 3 is 2.65 bits per heavy atom. The highest BCUT2D eigenvalue weighted by atomic mass is 35.5. The van der Waals surface area contributed by atoms with Crippen LogP contribution in [-0.2, 0) is 11.3 Å². The van der Waals surface area contributed by atoms with Gasteiger partial charge < -0.3 is 15.0 Å². The highest BCUT2D eigenvalue weighted by Crippen LogP contribution is 2.21. The molecule has 26 heavy (non-hydrogen) atoms. The summed E-state index contributed by atoms with van der Waals surface area (Å²) in [7, 11) is 3.51. The van der Waals surface area contributed by atoms with Crippen molar-refractivity contribution in [2.45, 2.75) is 57.7 Å². The lowest BCUT2D eigenvalue weighted by molar-refractivity contribution is -0.908. The first-order chi connectivity index (χ1) is 12.4. The summed E-state index contributed by atoms with van der Waals surface area (Å²) in [5.74, 6) is 0.438. The highest BCUT2D eigenvalue weighted by Gasteiger charge is 2.25. The number of imide groups is 1. The summed E-state index contributed by atoms with van der Waals surface area (Å²) in [6, 6.07) is 4.80. The Hall–Kier alpha value is -1.79. The van der Waals surface area contributed by atoms with E-state index in [0.29, 0.717) is 11.6 Å². The van der Waals surface area contributed by atoms with Gasteiger partial charge in [-0.1, -0.05) is 30.9 Å². The topological polar surface area (TPSA) is 71.9 Å². The number of hydrogen-bond donors (Lipinski definition) is 3. The molecule has 1 saturated carbocycles. The molecular weight excluding hydrogens is 354 g/mol. The van der Waals surface area contributed by atoms with Crippen LogP contribution in [0.15, 0.2) is 18.2 Å². The van der Waals surface area contributed by atoms with Crippen LogP contribution in [0.1, 0.15) is 44.6 Å². The van der Waals surface area contributed by atoms with Crippen LogP contribution < -0.4 is 20.3 Å². The molecule has 0 bridgehead atoms. The van der Waals surface area contributed by atoms with Crippen molar-refractivity contribution in [3.63, 3.8) is 0 Å². The van der Waals surface area contributed by atoms with E-state index in [2.05, 4.69) is 10.6 Å². The fraction of sp³-hybridized carbons (Fsp3) is 0.579. The summed E-state index contributed by atoms with van der Waals surface area (Å²) < 4.78 is 5.35. The van der Waals surface area contributed by atoms with Gasteiger partial charge in [0.2, 0.25) is 0 Å². The van der Waals surface area contributed by atoms with Crippen LogP contribution in [0.25, 0.3) is 0 Å². The van der Waals surface area contributed by atoms with E-state index in [1.54, 1.807) is 20.1 Å². The van der Waals surface area contributed by atoms with Crippen LogP contribution in [0, 0.1) is 0 Å². The van der Waals surface area contributed by atoms with Crippen LogP contribution in [0.5, 0.6) is 5.75 Å². The van der Waals surface area contributed by atoms with Crippen LogP contribution in [0.4, 0.5) is 4.79 Å². The summed E-state index contributed by atoms with van der Waals surface area (Å²) >= 11 is 6.06. The number of methoxy groups -OCH3 is 1. The van der Waals surface area contributed by atoms with Gasteiger partial charge in [-0.3, -0.25) is 10.1 Å². The zero-order valence-corrected chi connectivity index (χ0v) is 16.5. The zero-order valence-electron chi connectivity index (χ0n) is 15.7. The number of rotatable bonds is 6. The number of urea groups is 1. The molecule has 2 rings (SSSR count). The first-order valence-corrected chi connectivity index (χ1v) is 9.54. The summed E-state index contributed by atoms with van der Waals surface area (Å²) in [6.07, 6.45) is 5.44. The van der Waals surface area contributed by atoms with E-state index >= 15 is 0 Å². The van der Waals surface area contributed by atoms with Gasteiger partial charge in [-0.15, -0.1) is 0 Å². The second kappa shape index (κ2) is 9.78. The minimum absolute atomic E-state index is 0.174. The molecule has 1 aliphatic carbocycles. The number of hydrogen-bond acceptors (Lipinski definition) is 3. The average molecular weight is 383 g/mol. The van der Waals surface area contributed by atoms with Crippen LogP contribution >= 0.6 is 11.6 Å². The Morgan fingerprint density at radius 2 is 2.00 bits per heavy atom. The van der Waals surface area contributed by atoms with Crippen LogP contribution in [0.2, 0.25) is 5.02 Å². The lowest BCUT2D eigenvalue weighted by Gasteiger charge is -2.24. The lowest BCUT2D eigenvalue weighted by atomic mass is 9.96. The second-order valence-electron chi connectivity index (χ2n) is 7.00. The van der Waals surface area contributed by atoms with Crippen molar-refractivity contribution in [3.05, 3.63) is 28.8 Å². The fourth-order valence-corrected chi connectivity index (χ4v) is 3.45. The van der Waals surface area contributed by atoms with Crippen molar-refractivity contribution in [1.29, 1.82) is 0 Å². The van der Waals surface area contributed by atoms with Gasteiger partial charge in [0.1, 0.15) is 12.3 Å². The number of halogens is 1. The maximum Gasteiger partial charge on any atom is 0.321 e. The Labute approximate surface area is 160 Å². The zero-order chi connectivity index (χ0) is 19.1. The molecule has 0 radical (unpaired) electrons. The Bertz CT molecular complexity index is 632. The molecule has 3 amide bonds. The third-order valence-electron chi connectivity index (χ3n) is 5.02. The number of benzene rings is 1. The predicted octanol–water partition coefficient (Wildman–Crippen LogP) is 1.91. The van der Waals surface area contributed by atoms with Crippen LogP contribution in [-0.4, -0.2) is 38.2 Å². The number of amides is 3. The molecule has 3 N–H and O–H groups in total. The van der Waals surface area contributed by atoms with Crippen molar-refractivity contribution < 1.29 is 19.2 Å². The Balaban J connectivity index is 1.88. The molecule has 144 valence electrons. The number of likely N-dealkylation sites (N-methyl/N-ethyl adjacent to an activating group) is 1. The first-order valence-electron chi connectivity index (χ1n) is 9.16. The number of carbonyl (C=O) groups is 2. The second-order valence-corrected chi connectivity index (χ2v) is 7.44. The Morgan fingerprint density at radius 1 is 1.31 bits per heavy atom. The molecule has 0 spiro atoms. The molecule has 0 heterocycles.